The fraction of sp³-hybridized carbons (Fsp3) is 0.130. The summed E-state index contributed by atoms with van der Waals surface area (Å²) in [4.78, 5) is 18.8. The number of hydrogen-bond acceptors (Lipinski definition) is 3. The van der Waals surface area contributed by atoms with E-state index in [4.69, 9.17) is 11.6 Å². The minimum Gasteiger partial charge on any atom is -0.351 e. The minimum absolute atomic E-state index is 0.167. The van der Waals surface area contributed by atoms with E-state index >= 15 is 0 Å². The number of carbonyl (C=O) groups excluding carboxylic acids is 1. The first-order chi connectivity index (χ1) is 14.0. The van der Waals surface area contributed by atoms with E-state index < -0.39 is 0 Å². The Balaban J connectivity index is 1.53. The van der Waals surface area contributed by atoms with E-state index in [1.54, 1.807) is 18.2 Å². The average molecular weight is 425 g/mol. The van der Waals surface area contributed by atoms with Crippen LogP contribution in [0.1, 0.15) is 34.3 Å². The molecule has 0 saturated heterocycles. The molecule has 29 heavy (non-hydrogen) atoms. The van der Waals surface area contributed by atoms with Crippen LogP contribution in [0, 0.1) is 5.82 Å². The van der Waals surface area contributed by atoms with Gasteiger partial charge in [-0.15, -0.1) is 0 Å². The number of amides is 1. The molecule has 3 nitrogen and oxygen atoms in total. The van der Waals surface area contributed by atoms with Crippen LogP contribution in [0.4, 0.5) is 10.1 Å². The van der Waals surface area contributed by atoms with Gasteiger partial charge in [0.15, 0.2) is 0 Å². The average Bonchev–Trinajstić information content (AvgIpc) is 2.87. The highest BCUT2D eigenvalue weighted by Crippen LogP contribution is 2.41. The third-order valence-corrected chi connectivity index (χ3v) is 6.19. The molecule has 3 aromatic rings. The van der Waals surface area contributed by atoms with Gasteiger partial charge in [0.05, 0.1) is 5.69 Å². The van der Waals surface area contributed by atoms with Crippen LogP contribution in [-0.4, -0.2) is 17.6 Å². The first-order valence-corrected chi connectivity index (χ1v) is 10.4. The smallest absolute Gasteiger partial charge is 0.251 e. The molecule has 0 spiro atoms. The van der Waals surface area contributed by atoms with E-state index in [0.717, 1.165) is 9.79 Å². The molecule has 6 heteroatoms. The Labute approximate surface area is 178 Å². The minimum atomic E-state index is -0.365. The molecule has 1 aliphatic heterocycles. The number of fused-ring (bicyclic) bond motifs is 2. The summed E-state index contributed by atoms with van der Waals surface area (Å²) in [6.45, 7) is 2.60. The fourth-order valence-electron chi connectivity index (χ4n) is 3.12. The van der Waals surface area contributed by atoms with Gasteiger partial charge in [-0.05, 0) is 47.9 Å². The number of nitrogens with zero attached hydrogens (tertiary/aromatic N) is 1. The SMILES string of the molecule is CC(CNC(=O)c1ccc2c(c1)N=C(Cl)c1cc(F)ccc1S2)c1ccccc1. The molecule has 1 aliphatic rings. The van der Waals surface area contributed by atoms with Crippen molar-refractivity contribution in [2.45, 2.75) is 22.6 Å². The molecule has 1 atom stereocenters. The lowest BCUT2D eigenvalue weighted by atomic mass is 10.0. The van der Waals surface area contributed by atoms with Crippen molar-refractivity contribution in [2.24, 2.45) is 4.99 Å². The summed E-state index contributed by atoms with van der Waals surface area (Å²) in [6.07, 6.45) is 0. The molecule has 1 amide bonds. The van der Waals surface area contributed by atoms with Gasteiger partial charge in [-0.1, -0.05) is 60.6 Å². The van der Waals surface area contributed by atoms with Crippen LogP contribution in [0.25, 0.3) is 0 Å². The molecule has 0 aromatic heterocycles. The van der Waals surface area contributed by atoms with Crippen molar-refractivity contribution in [2.75, 3.05) is 6.54 Å². The van der Waals surface area contributed by atoms with Gasteiger partial charge < -0.3 is 5.32 Å². The molecular formula is C23H18ClFN2OS. The predicted octanol–water partition coefficient (Wildman–Crippen LogP) is 6.14. The fourth-order valence-corrected chi connectivity index (χ4v) is 4.40. The first-order valence-electron chi connectivity index (χ1n) is 9.20. The van der Waals surface area contributed by atoms with E-state index in [1.807, 2.05) is 36.4 Å². The van der Waals surface area contributed by atoms with Crippen LogP contribution < -0.4 is 5.32 Å². The van der Waals surface area contributed by atoms with Crippen molar-refractivity contribution in [3.05, 3.63) is 89.2 Å². The maximum Gasteiger partial charge on any atom is 0.251 e. The van der Waals surface area contributed by atoms with Crippen molar-refractivity contribution in [1.82, 2.24) is 5.32 Å². The number of nitrogens with one attached hydrogen (secondary N) is 1. The molecule has 0 aliphatic carbocycles. The highest BCUT2D eigenvalue weighted by Gasteiger charge is 2.19. The van der Waals surface area contributed by atoms with Crippen molar-refractivity contribution in [1.29, 1.82) is 0 Å². The van der Waals surface area contributed by atoms with Crippen LogP contribution in [0.3, 0.4) is 0 Å². The van der Waals surface area contributed by atoms with Gasteiger partial charge in [-0.2, -0.15) is 0 Å². The van der Waals surface area contributed by atoms with Crippen molar-refractivity contribution in [3.63, 3.8) is 0 Å². The van der Waals surface area contributed by atoms with Gasteiger partial charge in [-0.25, -0.2) is 9.38 Å². The Morgan fingerprint density at radius 1 is 1.10 bits per heavy atom. The summed E-state index contributed by atoms with van der Waals surface area (Å²) < 4.78 is 13.6. The monoisotopic (exact) mass is 424 g/mol. The zero-order valence-electron chi connectivity index (χ0n) is 15.7. The van der Waals surface area contributed by atoms with Gasteiger partial charge in [0.25, 0.3) is 5.91 Å². The topological polar surface area (TPSA) is 41.5 Å². The summed E-state index contributed by atoms with van der Waals surface area (Å²) >= 11 is 7.78. The number of carbonyl (C=O) groups is 1. The zero-order chi connectivity index (χ0) is 20.4. The van der Waals surface area contributed by atoms with E-state index in [9.17, 15) is 9.18 Å². The molecule has 0 bridgehead atoms. The summed E-state index contributed by atoms with van der Waals surface area (Å²) in [5, 5.41) is 3.19. The first kappa shape index (κ1) is 19.7. The van der Waals surface area contributed by atoms with E-state index in [1.165, 1.54) is 29.5 Å². The Morgan fingerprint density at radius 3 is 2.66 bits per heavy atom. The molecule has 1 heterocycles. The van der Waals surface area contributed by atoms with Crippen LogP contribution >= 0.6 is 23.4 Å². The van der Waals surface area contributed by atoms with Gasteiger partial charge >= 0.3 is 0 Å². The van der Waals surface area contributed by atoms with Crippen LogP contribution in [0.15, 0.2) is 81.5 Å². The summed E-state index contributed by atoms with van der Waals surface area (Å²) in [6, 6.07) is 19.8. The van der Waals surface area contributed by atoms with Crippen LogP contribution in [0.5, 0.6) is 0 Å². The zero-order valence-corrected chi connectivity index (χ0v) is 17.2. The molecule has 4 rings (SSSR count). The largest absolute Gasteiger partial charge is 0.351 e. The Bertz CT molecular complexity index is 1100. The lowest BCUT2D eigenvalue weighted by molar-refractivity contribution is 0.0951. The third kappa shape index (κ3) is 4.36. The van der Waals surface area contributed by atoms with E-state index in [-0.39, 0.29) is 22.8 Å². The summed E-state index contributed by atoms with van der Waals surface area (Å²) in [5.74, 6) is -0.329. The van der Waals surface area contributed by atoms with Crippen molar-refractivity contribution < 1.29 is 9.18 Å². The molecule has 146 valence electrons. The highest BCUT2D eigenvalue weighted by molar-refractivity contribution is 7.99. The maximum absolute atomic E-state index is 13.6. The van der Waals surface area contributed by atoms with E-state index in [0.29, 0.717) is 23.4 Å². The Morgan fingerprint density at radius 2 is 1.86 bits per heavy atom. The molecule has 3 aromatic carbocycles. The second-order valence-corrected chi connectivity index (χ2v) is 8.29. The van der Waals surface area contributed by atoms with Crippen molar-refractivity contribution >= 4 is 40.1 Å². The molecule has 0 saturated carbocycles. The molecule has 1 unspecified atom stereocenters. The predicted molar refractivity (Wildman–Crippen MR) is 116 cm³/mol. The van der Waals surface area contributed by atoms with Crippen LogP contribution in [0.2, 0.25) is 0 Å². The van der Waals surface area contributed by atoms with Gasteiger partial charge in [0.2, 0.25) is 0 Å². The number of halogens is 2. The number of benzene rings is 3. The Hall–Kier alpha value is -2.63. The second kappa shape index (κ2) is 8.39. The van der Waals surface area contributed by atoms with Gasteiger partial charge in [-0.3, -0.25) is 4.79 Å². The number of rotatable bonds is 4. The normalized spacial score (nSPS) is 13.6. The Kier molecular flexibility index (Phi) is 5.69. The van der Waals surface area contributed by atoms with Crippen LogP contribution in [-0.2, 0) is 0 Å². The summed E-state index contributed by atoms with van der Waals surface area (Å²) in [5.41, 5.74) is 2.83. The highest BCUT2D eigenvalue weighted by atomic mass is 35.5. The lowest BCUT2D eigenvalue weighted by Crippen LogP contribution is -2.27. The maximum atomic E-state index is 13.6. The molecule has 0 radical (unpaired) electrons. The summed E-state index contributed by atoms with van der Waals surface area (Å²) in [7, 11) is 0. The van der Waals surface area contributed by atoms with Crippen molar-refractivity contribution in [3.8, 4) is 0 Å². The molecular weight excluding hydrogens is 407 g/mol. The quantitative estimate of drug-likeness (QED) is 0.546. The third-order valence-electron chi connectivity index (χ3n) is 4.76. The molecule has 0 fully saturated rings. The van der Waals surface area contributed by atoms with Gasteiger partial charge in [0, 0.05) is 27.5 Å². The standard InChI is InChI=1S/C23H18ClFN2OS/c1-14(15-5-3-2-4-6-15)13-26-23(28)16-7-9-21-19(11-16)27-22(24)18-12-17(25)8-10-20(18)29-21/h2-12,14H,13H2,1H3,(H,26,28). The van der Waals surface area contributed by atoms with E-state index in [2.05, 4.69) is 17.2 Å². The number of hydrogen-bond donors (Lipinski definition) is 1. The lowest BCUT2D eigenvalue weighted by Gasteiger charge is -2.13. The molecule has 1 N–H and O–H groups in total. The van der Waals surface area contributed by atoms with Gasteiger partial charge in [0.1, 0.15) is 11.0 Å². The second-order valence-electron chi connectivity index (χ2n) is 6.85. The number of aliphatic imine (C=N–C) groups is 1.